The molecular formula is C11H14O3S. The Morgan fingerprint density at radius 2 is 1.73 bits per heavy atom. The van der Waals surface area contributed by atoms with Crippen molar-refractivity contribution in [3.05, 3.63) is 29.8 Å². The summed E-state index contributed by atoms with van der Waals surface area (Å²) >= 11 is 1.69. The number of hydrogen-bond acceptors (Lipinski definition) is 4. The van der Waals surface area contributed by atoms with Gasteiger partial charge >= 0.3 is 0 Å². The van der Waals surface area contributed by atoms with Crippen LogP contribution in [0.2, 0.25) is 0 Å². The number of rotatable bonds is 4. The lowest BCUT2D eigenvalue weighted by Crippen LogP contribution is -2.19. The molecule has 2 N–H and O–H groups in total. The minimum absolute atomic E-state index is 0.318. The van der Waals surface area contributed by atoms with Crippen molar-refractivity contribution in [3.63, 3.8) is 0 Å². The summed E-state index contributed by atoms with van der Waals surface area (Å²) in [5, 5.41) is 17.9. The fourth-order valence-corrected chi connectivity index (χ4v) is 1.96. The summed E-state index contributed by atoms with van der Waals surface area (Å²) in [7, 11) is 0. The normalized spacial score (nSPS) is 11.1. The molecule has 0 atom stereocenters. The lowest BCUT2D eigenvalue weighted by Gasteiger charge is -2.06. The summed E-state index contributed by atoms with van der Waals surface area (Å²) < 4.78 is 0. The fourth-order valence-electron chi connectivity index (χ4n) is 1.12. The zero-order valence-corrected chi connectivity index (χ0v) is 9.49. The minimum Gasteiger partial charge on any atom is -0.362 e. The lowest BCUT2D eigenvalue weighted by atomic mass is 10.1. The van der Waals surface area contributed by atoms with Crippen molar-refractivity contribution in [1.82, 2.24) is 0 Å². The van der Waals surface area contributed by atoms with Crippen LogP contribution in [0.4, 0.5) is 0 Å². The van der Waals surface area contributed by atoms with Gasteiger partial charge in [0.05, 0.1) is 0 Å². The summed E-state index contributed by atoms with van der Waals surface area (Å²) in [6, 6.07) is 6.82. The Morgan fingerprint density at radius 1 is 1.20 bits per heavy atom. The maximum Gasteiger partial charge on any atom is 0.218 e. The number of Topliss-reactive ketones (excluding diaryl/α,β-unsaturated/α-hetero) is 1. The van der Waals surface area contributed by atoms with E-state index >= 15 is 0 Å². The molecule has 0 aromatic heterocycles. The topological polar surface area (TPSA) is 57.5 Å². The molecule has 1 aromatic rings. The van der Waals surface area contributed by atoms with E-state index in [-0.39, 0.29) is 0 Å². The van der Waals surface area contributed by atoms with E-state index in [4.69, 9.17) is 10.2 Å². The first-order chi connectivity index (χ1) is 7.00. The van der Waals surface area contributed by atoms with Crippen molar-refractivity contribution >= 4 is 17.5 Å². The molecule has 0 aliphatic carbocycles. The van der Waals surface area contributed by atoms with Gasteiger partial charge in [0.2, 0.25) is 12.1 Å². The van der Waals surface area contributed by atoms with E-state index in [9.17, 15) is 4.79 Å². The van der Waals surface area contributed by atoms with Gasteiger partial charge in [-0.3, -0.25) is 4.79 Å². The molecule has 0 aliphatic heterocycles. The molecule has 82 valence electrons. The standard InChI is InChI=1S/C11H14O3S/c1-7(2)15-9-5-3-8(4-6-9)10(12)11(13)14/h3-7,11,13-14H,1-2H3. The Morgan fingerprint density at radius 3 is 2.13 bits per heavy atom. The fraction of sp³-hybridized carbons (Fsp3) is 0.364. The van der Waals surface area contributed by atoms with Crippen LogP contribution in [0.15, 0.2) is 29.2 Å². The van der Waals surface area contributed by atoms with Gasteiger partial charge in [0.25, 0.3) is 0 Å². The Balaban J connectivity index is 2.76. The molecule has 0 spiro atoms. The molecule has 0 amide bonds. The second-order valence-corrected chi connectivity index (χ2v) is 5.08. The Labute approximate surface area is 93.1 Å². The van der Waals surface area contributed by atoms with Crippen LogP contribution in [0.1, 0.15) is 24.2 Å². The zero-order chi connectivity index (χ0) is 11.4. The van der Waals surface area contributed by atoms with E-state index in [0.717, 1.165) is 4.90 Å². The number of aliphatic hydroxyl groups excluding tert-OH is 1. The molecule has 0 radical (unpaired) electrons. The minimum atomic E-state index is -1.92. The molecule has 0 saturated heterocycles. The van der Waals surface area contributed by atoms with Gasteiger partial charge in [-0.1, -0.05) is 26.0 Å². The number of ketones is 1. The van der Waals surface area contributed by atoms with Gasteiger partial charge in [-0.15, -0.1) is 11.8 Å². The molecule has 3 nitrogen and oxygen atoms in total. The van der Waals surface area contributed by atoms with Crippen molar-refractivity contribution in [1.29, 1.82) is 0 Å². The van der Waals surface area contributed by atoms with E-state index in [2.05, 4.69) is 13.8 Å². The maximum absolute atomic E-state index is 11.2. The second kappa shape index (κ2) is 5.30. The third-order valence-electron chi connectivity index (χ3n) is 1.75. The molecule has 0 unspecified atom stereocenters. The number of aliphatic hydroxyl groups is 2. The van der Waals surface area contributed by atoms with Crippen molar-refractivity contribution in [2.45, 2.75) is 30.3 Å². The summed E-state index contributed by atoms with van der Waals surface area (Å²) in [6.45, 7) is 4.17. The van der Waals surface area contributed by atoms with E-state index in [0.29, 0.717) is 10.8 Å². The van der Waals surface area contributed by atoms with Gasteiger partial charge in [-0.2, -0.15) is 0 Å². The molecule has 1 aromatic carbocycles. The van der Waals surface area contributed by atoms with Crippen LogP contribution in [0, 0.1) is 0 Å². The highest BCUT2D eigenvalue weighted by molar-refractivity contribution is 7.99. The molecule has 0 aliphatic rings. The Kier molecular flexibility index (Phi) is 4.32. The van der Waals surface area contributed by atoms with Crippen molar-refractivity contribution in [2.24, 2.45) is 0 Å². The Hall–Kier alpha value is -0.840. The number of carbonyl (C=O) groups excluding carboxylic acids is 1. The number of carbonyl (C=O) groups is 1. The Bertz CT molecular complexity index is 330. The van der Waals surface area contributed by atoms with Crippen LogP contribution >= 0.6 is 11.8 Å². The predicted octanol–water partition coefficient (Wildman–Crippen LogP) is 1.68. The van der Waals surface area contributed by atoms with Crippen LogP contribution in [0.3, 0.4) is 0 Å². The average Bonchev–Trinajstić information content (AvgIpc) is 2.17. The maximum atomic E-state index is 11.2. The molecular weight excluding hydrogens is 212 g/mol. The first-order valence-corrected chi connectivity index (χ1v) is 5.55. The lowest BCUT2D eigenvalue weighted by molar-refractivity contribution is -0.0195. The summed E-state index contributed by atoms with van der Waals surface area (Å²) in [5.74, 6) is -0.670. The highest BCUT2D eigenvalue weighted by Crippen LogP contribution is 2.23. The van der Waals surface area contributed by atoms with Crippen LogP contribution in [-0.2, 0) is 0 Å². The highest BCUT2D eigenvalue weighted by atomic mass is 32.2. The molecule has 0 heterocycles. The quantitative estimate of drug-likeness (QED) is 0.466. The monoisotopic (exact) mass is 226 g/mol. The van der Waals surface area contributed by atoms with E-state index < -0.39 is 12.1 Å². The van der Waals surface area contributed by atoms with Gasteiger partial charge in [0.1, 0.15) is 0 Å². The predicted molar refractivity (Wildman–Crippen MR) is 60.0 cm³/mol. The van der Waals surface area contributed by atoms with Gasteiger partial charge < -0.3 is 10.2 Å². The molecule has 1 rings (SSSR count). The highest BCUT2D eigenvalue weighted by Gasteiger charge is 2.13. The van der Waals surface area contributed by atoms with Crippen LogP contribution < -0.4 is 0 Å². The smallest absolute Gasteiger partial charge is 0.218 e. The molecule has 0 bridgehead atoms. The van der Waals surface area contributed by atoms with Crippen molar-refractivity contribution in [3.8, 4) is 0 Å². The third-order valence-corrected chi connectivity index (χ3v) is 2.76. The van der Waals surface area contributed by atoms with Gasteiger partial charge in [-0.25, -0.2) is 0 Å². The molecule has 0 fully saturated rings. The summed E-state index contributed by atoms with van der Waals surface area (Å²) in [4.78, 5) is 12.2. The van der Waals surface area contributed by atoms with E-state index in [1.807, 2.05) is 0 Å². The first-order valence-electron chi connectivity index (χ1n) is 4.68. The average molecular weight is 226 g/mol. The third kappa shape index (κ3) is 3.66. The van der Waals surface area contributed by atoms with Gasteiger partial charge in [0, 0.05) is 15.7 Å². The largest absolute Gasteiger partial charge is 0.362 e. The van der Waals surface area contributed by atoms with Crippen molar-refractivity contribution < 1.29 is 15.0 Å². The van der Waals surface area contributed by atoms with E-state index in [1.54, 1.807) is 36.0 Å². The number of thioether (sulfide) groups is 1. The van der Waals surface area contributed by atoms with E-state index in [1.165, 1.54) is 0 Å². The van der Waals surface area contributed by atoms with Crippen LogP contribution in [-0.4, -0.2) is 27.5 Å². The van der Waals surface area contributed by atoms with Gasteiger partial charge in [-0.05, 0) is 12.1 Å². The SMILES string of the molecule is CC(C)Sc1ccc(C(=O)C(O)O)cc1. The second-order valence-electron chi connectivity index (χ2n) is 3.43. The van der Waals surface area contributed by atoms with Gasteiger partial charge in [0.15, 0.2) is 0 Å². The zero-order valence-electron chi connectivity index (χ0n) is 8.68. The summed E-state index contributed by atoms with van der Waals surface area (Å²) in [5.41, 5.74) is 0.318. The number of benzene rings is 1. The number of hydrogen-bond donors (Lipinski definition) is 2. The van der Waals surface area contributed by atoms with Crippen LogP contribution in [0.25, 0.3) is 0 Å². The van der Waals surface area contributed by atoms with Crippen LogP contribution in [0.5, 0.6) is 0 Å². The molecule has 0 saturated carbocycles. The molecule has 4 heteroatoms. The first kappa shape index (κ1) is 12.2. The molecule has 15 heavy (non-hydrogen) atoms. The summed E-state index contributed by atoms with van der Waals surface area (Å²) in [6.07, 6.45) is -1.92. The van der Waals surface area contributed by atoms with Crippen molar-refractivity contribution in [2.75, 3.05) is 0 Å².